The molecule has 0 aliphatic heterocycles. The molecule has 0 saturated heterocycles. The number of benzene rings is 1. The van der Waals surface area contributed by atoms with Gasteiger partial charge in [-0.1, -0.05) is 12.6 Å². The number of nitrogens with one attached hydrogen (secondary N) is 4. The van der Waals surface area contributed by atoms with Crippen molar-refractivity contribution in [3.63, 3.8) is 0 Å². The highest BCUT2D eigenvalue weighted by Crippen LogP contribution is 2.20. The van der Waals surface area contributed by atoms with Crippen LogP contribution in [-0.2, 0) is 4.79 Å². The largest absolute Gasteiger partial charge is 0.349 e. The minimum atomic E-state index is -0.346. The number of hydrogen-bond donors (Lipinski definition) is 4. The van der Waals surface area contributed by atoms with Crippen LogP contribution in [0.3, 0.4) is 0 Å². The van der Waals surface area contributed by atoms with Gasteiger partial charge in [-0.3, -0.25) is 19.5 Å². The maximum Gasteiger partial charge on any atom is 0.274 e. The summed E-state index contributed by atoms with van der Waals surface area (Å²) < 4.78 is 0. The molecule has 1 aromatic carbocycles. The molecule has 9 heteroatoms. The van der Waals surface area contributed by atoms with E-state index in [4.69, 9.17) is 0 Å². The molecule has 4 rings (SSSR count). The van der Waals surface area contributed by atoms with Crippen LogP contribution in [0.4, 0.5) is 5.69 Å². The number of hydrogen-bond acceptors (Lipinski definition) is 6. The van der Waals surface area contributed by atoms with E-state index in [0.29, 0.717) is 29.1 Å². The minimum absolute atomic E-state index is 0.0610. The Kier molecular flexibility index (Phi) is 7.79. The molecular formula is C26H28N6O3. The summed E-state index contributed by atoms with van der Waals surface area (Å²) in [5.74, 6) is -0.499. The van der Waals surface area contributed by atoms with Gasteiger partial charge < -0.3 is 16.0 Å². The third kappa shape index (κ3) is 6.48. The Morgan fingerprint density at radius 3 is 2.60 bits per heavy atom. The maximum absolute atomic E-state index is 12.7. The summed E-state index contributed by atoms with van der Waals surface area (Å²) in [4.78, 5) is 40.5. The smallest absolute Gasteiger partial charge is 0.274 e. The van der Waals surface area contributed by atoms with Crippen molar-refractivity contribution < 1.29 is 14.4 Å². The Bertz CT molecular complexity index is 1190. The first-order valence-electron chi connectivity index (χ1n) is 11.6. The standard InChI is InChI=1S/C26H28N6O3/c1-17(16-33)15-27-20-4-2-5-21(14-20)30-25(34)18-8-10-19(11-9-18)29-26(35)24-7-3-6-22(31-24)23-12-13-28-32-23/h3,6-13,16,20-21,27H,1-2,4-5,14-15H2,(H,28,32)(H,29,35)(H,30,34)/t20-,21+/m0/s1. The predicted molar refractivity (Wildman–Crippen MR) is 133 cm³/mol. The molecule has 4 N–H and O–H groups in total. The monoisotopic (exact) mass is 472 g/mol. The molecule has 3 aromatic rings. The Morgan fingerprint density at radius 1 is 1.06 bits per heavy atom. The van der Waals surface area contributed by atoms with Gasteiger partial charge in [0, 0.05) is 36.1 Å². The molecule has 2 aromatic heterocycles. The Morgan fingerprint density at radius 2 is 1.86 bits per heavy atom. The fourth-order valence-electron chi connectivity index (χ4n) is 4.10. The highest BCUT2D eigenvalue weighted by atomic mass is 16.2. The van der Waals surface area contributed by atoms with Crippen LogP contribution in [0.5, 0.6) is 0 Å². The normalized spacial score (nSPS) is 17.4. The third-order valence-electron chi connectivity index (χ3n) is 5.96. The zero-order valence-electron chi connectivity index (χ0n) is 19.3. The number of carbonyl (C=O) groups excluding carboxylic acids is 3. The van der Waals surface area contributed by atoms with Crippen LogP contribution >= 0.6 is 0 Å². The predicted octanol–water partition coefficient (Wildman–Crippen LogP) is 3.11. The van der Waals surface area contributed by atoms with Gasteiger partial charge in [0.2, 0.25) is 0 Å². The number of aromatic nitrogens is 3. The van der Waals surface area contributed by atoms with E-state index in [1.165, 1.54) is 0 Å². The van der Waals surface area contributed by atoms with E-state index in [2.05, 4.69) is 37.7 Å². The van der Waals surface area contributed by atoms with Gasteiger partial charge in [-0.15, -0.1) is 0 Å². The summed E-state index contributed by atoms with van der Waals surface area (Å²) in [5.41, 5.74) is 3.22. The van der Waals surface area contributed by atoms with Crippen LogP contribution in [0.1, 0.15) is 46.5 Å². The van der Waals surface area contributed by atoms with E-state index in [1.54, 1.807) is 54.7 Å². The zero-order chi connectivity index (χ0) is 24.6. The molecule has 2 amide bonds. The molecule has 2 atom stereocenters. The lowest BCUT2D eigenvalue weighted by Gasteiger charge is -2.30. The highest BCUT2D eigenvalue weighted by molar-refractivity contribution is 6.03. The topological polar surface area (TPSA) is 129 Å². The average Bonchev–Trinajstić information content (AvgIpc) is 3.43. The summed E-state index contributed by atoms with van der Waals surface area (Å²) in [6, 6.07) is 14.0. The molecule has 0 bridgehead atoms. The van der Waals surface area contributed by atoms with Gasteiger partial charge in [0.15, 0.2) is 0 Å². The number of pyridine rings is 1. The second-order valence-electron chi connectivity index (χ2n) is 8.60. The minimum Gasteiger partial charge on any atom is -0.349 e. The number of amides is 2. The molecule has 9 nitrogen and oxygen atoms in total. The van der Waals surface area contributed by atoms with Crippen LogP contribution in [0.25, 0.3) is 11.4 Å². The first-order valence-corrected chi connectivity index (χ1v) is 11.6. The van der Waals surface area contributed by atoms with E-state index < -0.39 is 0 Å². The van der Waals surface area contributed by atoms with Gasteiger partial charge in [-0.05, 0) is 73.7 Å². The van der Waals surface area contributed by atoms with E-state index in [0.717, 1.165) is 37.7 Å². The number of rotatable bonds is 9. The molecular weight excluding hydrogens is 444 g/mol. The quantitative estimate of drug-likeness (QED) is 0.280. The molecule has 1 aliphatic carbocycles. The summed E-state index contributed by atoms with van der Waals surface area (Å²) >= 11 is 0. The first kappa shape index (κ1) is 24.0. The van der Waals surface area contributed by atoms with Crippen molar-refractivity contribution in [1.82, 2.24) is 25.8 Å². The van der Waals surface area contributed by atoms with E-state index in [-0.39, 0.29) is 29.6 Å². The van der Waals surface area contributed by atoms with Gasteiger partial charge in [0.05, 0.1) is 11.4 Å². The lowest BCUT2D eigenvalue weighted by Crippen LogP contribution is -2.44. The fourth-order valence-corrected chi connectivity index (χ4v) is 4.10. The van der Waals surface area contributed by atoms with Gasteiger partial charge >= 0.3 is 0 Å². The Hall–Kier alpha value is -4.11. The van der Waals surface area contributed by atoms with Crippen molar-refractivity contribution in [2.75, 3.05) is 11.9 Å². The number of carbonyl (C=O) groups is 3. The first-order chi connectivity index (χ1) is 17.0. The molecule has 180 valence electrons. The fraction of sp³-hybridized carbons (Fsp3) is 0.269. The van der Waals surface area contributed by atoms with Crippen LogP contribution in [0, 0.1) is 0 Å². The maximum atomic E-state index is 12.7. The van der Waals surface area contributed by atoms with Crippen LogP contribution in [0.15, 0.2) is 66.9 Å². The van der Waals surface area contributed by atoms with Crippen molar-refractivity contribution in [1.29, 1.82) is 0 Å². The summed E-state index contributed by atoms with van der Waals surface area (Å²) in [5, 5.41) is 16.0. The van der Waals surface area contributed by atoms with Crippen molar-refractivity contribution in [3.8, 4) is 11.4 Å². The SMILES string of the molecule is C=C(C=O)CN[C@H]1CCC[C@@H](NC(=O)c2ccc(NC(=O)c3cccc(-c4ccn[nH]4)n3)cc2)C1. The molecule has 0 radical (unpaired) electrons. The summed E-state index contributed by atoms with van der Waals surface area (Å²) in [6.07, 6.45) is 6.10. The van der Waals surface area contributed by atoms with Gasteiger partial charge in [-0.25, -0.2) is 4.98 Å². The van der Waals surface area contributed by atoms with Crippen molar-refractivity contribution in [2.24, 2.45) is 0 Å². The second-order valence-corrected chi connectivity index (χ2v) is 8.60. The van der Waals surface area contributed by atoms with Crippen molar-refractivity contribution in [3.05, 3.63) is 78.1 Å². The average molecular weight is 473 g/mol. The summed E-state index contributed by atoms with van der Waals surface area (Å²) in [7, 11) is 0. The van der Waals surface area contributed by atoms with Crippen LogP contribution in [0.2, 0.25) is 0 Å². The van der Waals surface area contributed by atoms with E-state index >= 15 is 0 Å². The molecule has 1 aliphatic rings. The lowest BCUT2D eigenvalue weighted by atomic mass is 9.90. The molecule has 1 saturated carbocycles. The molecule has 0 unspecified atom stereocenters. The van der Waals surface area contributed by atoms with E-state index in [1.807, 2.05) is 0 Å². The molecule has 1 fully saturated rings. The van der Waals surface area contributed by atoms with Crippen LogP contribution in [-0.4, -0.2) is 51.9 Å². The van der Waals surface area contributed by atoms with Crippen LogP contribution < -0.4 is 16.0 Å². The lowest BCUT2D eigenvalue weighted by molar-refractivity contribution is -0.104. The molecule has 2 heterocycles. The second kappa shape index (κ2) is 11.3. The number of aromatic amines is 1. The van der Waals surface area contributed by atoms with Crippen molar-refractivity contribution in [2.45, 2.75) is 37.8 Å². The van der Waals surface area contributed by atoms with Gasteiger partial charge in [0.25, 0.3) is 11.8 Å². The molecule has 35 heavy (non-hydrogen) atoms. The number of anilines is 1. The Balaban J connectivity index is 1.31. The Labute approximate surface area is 203 Å². The summed E-state index contributed by atoms with van der Waals surface area (Å²) in [6.45, 7) is 4.15. The molecule has 0 spiro atoms. The number of nitrogens with zero attached hydrogens (tertiary/aromatic N) is 2. The number of H-pyrrole nitrogens is 1. The van der Waals surface area contributed by atoms with E-state index in [9.17, 15) is 14.4 Å². The van der Waals surface area contributed by atoms with Gasteiger partial charge in [0.1, 0.15) is 12.0 Å². The number of aldehydes is 1. The van der Waals surface area contributed by atoms with Gasteiger partial charge in [-0.2, -0.15) is 5.10 Å². The third-order valence-corrected chi connectivity index (χ3v) is 5.96. The van der Waals surface area contributed by atoms with Crippen molar-refractivity contribution >= 4 is 23.8 Å². The zero-order valence-corrected chi connectivity index (χ0v) is 19.3. The highest BCUT2D eigenvalue weighted by Gasteiger charge is 2.23.